The van der Waals surface area contributed by atoms with E-state index >= 15 is 0 Å². The van der Waals surface area contributed by atoms with Crippen LogP contribution in [0.4, 0.5) is 5.69 Å². The Kier molecular flexibility index (Phi) is 11.2. The molecular formula is C33H33ClIN3O4S. The Hall–Kier alpha value is -3.41. The van der Waals surface area contributed by atoms with Crippen LogP contribution in [0.3, 0.4) is 0 Å². The number of hydrogen-bond acceptors (Lipinski definition) is 4. The third-order valence-electron chi connectivity index (χ3n) is 6.69. The Bertz CT molecular complexity index is 1620. The maximum absolute atomic E-state index is 14.4. The Labute approximate surface area is 272 Å². The average Bonchev–Trinajstić information content (AvgIpc) is 2.99. The van der Waals surface area contributed by atoms with E-state index in [0.717, 1.165) is 19.0 Å². The minimum atomic E-state index is -4.13. The summed E-state index contributed by atoms with van der Waals surface area (Å²) in [4.78, 5) is 29.6. The van der Waals surface area contributed by atoms with Crippen LogP contribution in [0.15, 0.2) is 114 Å². The molecule has 0 aliphatic carbocycles. The van der Waals surface area contributed by atoms with Crippen LogP contribution >= 0.6 is 34.2 Å². The summed E-state index contributed by atoms with van der Waals surface area (Å²) in [6.45, 7) is 3.28. The topological polar surface area (TPSA) is 86.8 Å². The van der Waals surface area contributed by atoms with Gasteiger partial charge in [0.2, 0.25) is 11.8 Å². The number of hydrogen-bond donors (Lipinski definition) is 1. The van der Waals surface area contributed by atoms with Gasteiger partial charge in [-0.3, -0.25) is 13.9 Å². The van der Waals surface area contributed by atoms with E-state index in [9.17, 15) is 18.0 Å². The van der Waals surface area contributed by atoms with E-state index in [1.165, 1.54) is 17.0 Å². The van der Waals surface area contributed by atoms with Gasteiger partial charge in [-0.05, 0) is 96.1 Å². The molecule has 0 spiro atoms. The highest BCUT2D eigenvalue weighted by atomic mass is 127. The van der Waals surface area contributed by atoms with Crippen molar-refractivity contribution in [3.63, 3.8) is 0 Å². The quantitative estimate of drug-likeness (QED) is 0.174. The van der Waals surface area contributed by atoms with Crippen LogP contribution in [0.25, 0.3) is 0 Å². The maximum atomic E-state index is 14.4. The first-order valence-electron chi connectivity index (χ1n) is 13.8. The van der Waals surface area contributed by atoms with Crippen molar-refractivity contribution in [2.45, 2.75) is 43.8 Å². The molecule has 0 aromatic heterocycles. The maximum Gasteiger partial charge on any atom is 0.264 e. The smallest absolute Gasteiger partial charge is 0.264 e. The predicted octanol–water partition coefficient (Wildman–Crippen LogP) is 6.30. The molecule has 0 fully saturated rings. The zero-order chi connectivity index (χ0) is 31.0. The molecular weight excluding hydrogens is 697 g/mol. The minimum Gasteiger partial charge on any atom is -0.352 e. The summed E-state index contributed by atoms with van der Waals surface area (Å²) < 4.78 is 30.0. The van der Waals surface area contributed by atoms with Gasteiger partial charge in [-0.1, -0.05) is 72.3 Å². The van der Waals surface area contributed by atoms with Crippen molar-refractivity contribution in [1.82, 2.24) is 10.2 Å². The van der Waals surface area contributed by atoms with E-state index in [1.807, 2.05) is 44.2 Å². The van der Waals surface area contributed by atoms with Crippen molar-refractivity contribution in [3.05, 3.63) is 129 Å². The van der Waals surface area contributed by atoms with Crippen LogP contribution in [-0.4, -0.2) is 43.8 Å². The normalized spacial score (nSPS) is 12.0. The molecule has 1 N–H and O–H groups in total. The first-order chi connectivity index (χ1) is 20.5. The SMILES string of the molecule is CC(C)NC(=O)C(Cc1ccccc1)N(Cc1ccc(Cl)cc1)C(=O)CN(c1ccc(I)cc1)S(=O)(=O)c1ccccc1. The van der Waals surface area contributed by atoms with E-state index in [0.29, 0.717) is 10.7 Å². The van der Waals surface area contributed by atoms with Crippen molar-refractivity contribution in [2.24, 2.45) is 0 Å². The highest BCUT2D eigenvalue weighted by Crippen LogP contribution is 2.26. The van der Waals surface area contributed by atoms with Gasteiger partial charge >= 0.3 is 0 Å². The summed E-state index contributed by atoms with van der Waals surface area (Å²) in [7, 11) is -4.13. The van der Waals surface area contributed by atoms with Gasteiger partial charge in [0.1, 0.15) is 12.6 Å². The fourth-order valence-electron chi connectivity index (χ4n) is 4.58. The Morgan fingerprint density at radius 1 is 0.814 bits per heavy atom. The van der Waals surface area contributed by atoms with Gasteiger partial charge in [0.25, 0.3) is 10.0 Å². The fraction of sp³-hybridized carbons (Fsp3) is 0.212. The standard InChI is InChI=1S/C33H33ClIN3O4S/c1-24(2)36-33(40)31(21-25-9-5-3-6-10-25)37(22-26-13-15-27(34)16-14-26)32(39)23-38(29-19-17-28(35)18-20-29)43(41,42)30-11-7-4-8-12-30/h3-20,24,31H,21-23H2,1-2H3,(H,36,40). The molecule has 0 heterocycles. The molecule has 1 unspecified atom stereocenters. The molecule has 43 heavy (non-hydrogen) atoms. The first kappa shape index (κ1) is 32.5. The number of nitrogens with one attached hydrogen (secondary N) is 1. The summed E-state index contributed by atoms with van der Waals surface area (Å²) >= 11 is 8.27. The summed E-state index contributed by atoms with van der Waals surface area (Å²) in [5, 5.41) is 3.49. The zero-order valence-corrected chi connectivity index (χ0v) is 27.6. The number of sulfonamides is 1. The van der Waals surface area contributed by atoms with Crippen LogP contribution in [0.5, 0.6) is 0 Å². The van der Waals surface area contributed by atoms with Gasteiger partial charge in [-0.25, -0.2) is 8.42 Å². The van der Waals surface area contributed by atoms with Crippen molar-refractivity contribution in [1.29, 1.82) is 0 Å². The second-order valence-electron chi connectivity index (χ2n) is 10.3. The van der Waals surface area contributed by atoms with E-state index in [2.05, 4.69) is 27.9 Å². The van der Waals surface area contributed by atoms with Gasteiger partial charge < -0.3 is 10.2 Å². The third kappa shape index (κ3) is 8.81. The lowest BCUT2D eigenvalue weighted by Crippen LogP contribution is -2.54. The van der Waals surface area contributed by atoms with Gasteiger partial charge in [-0.15, -0.1) is 0 Å². The molecule has 0 aliphatic rings. The number of halogens is 2. The number of nitrogens with zero attached hydrogens (tertiary/aromatic N) is 2. The molecule has 0 radical (unpaired) electrons. The average molecular weight is 730 g/mol. The molecule has 224 valence electrons. The molecule has 4 aromatic carbocycles. The Morgan fingerprint density at radius 2 is 1.40 bits per heavy atom. The molecule has 4 aromatic rings. The van der Waals surface area contributed by atoms with Gasteiger partial charge in [0.15, 0.2) is 0 Å². The van der Waals surface area contributed by atoms with Gasteiger partial charge in [-0.2, -0.15) is 0 Å². The lowest BCUT2D eigenvalue weighted by atomic mass is 10.0. The highest BCUT2D eigenvalue weighted by Gasteiger charge is 2.34. The number of carbonyl (C=O) groups excluding carboxylic acids is 2. The molecule has 0 saturated carbocycles. The van der Waals surface area contributed by atoms with Crippen LogP contribution in [-0.2, 0) is 32.6 Å². The largest absolute Gasteiger partial charge is 0.352 e. The Morgan fingerprint density at radius 3 is 1.98 bits per heavy atom. The first-order valence-corrected chi connectivity index (χ1v) is 16.7. The number of benzene rings is 4. The lowest BCUT2D eigenvalue weighted by molar-refractivity contribution is -0.140. The monoisotopic (exact) mass is 729 g/mol. The molecule has 0 aliphatic heterocycles. The number of anilines is 1. The third-order valence-corrected chi connectivity index (χ3v) is 9.45. The van der Waals surface area contributed by atoms with Crippen molar-refractivity contribution >= 4 is 61.7 Å². The van der Waals surface area contributed by atoms with Crippen LogP contribution in [0.1, 0.15) is 25.0 Å². The van der Waals surface area contributed by atoms with Crippen molar-refractivity contribution in [2.75, 3.05) is 10.8 Å². The van der Waals surface area contributed by atoms with Crippen molar-refractivity contribution in [3.8, 4) is 0 Å². The van der Waals surface area contributed by atoms with Gasteiger partial charge in [0, 0.05) is 27.6 Å². The lowest BCUT2D eigenvalue weighted by Gasteiger charge is -2.34. The summed E-state index contributed by atoms with van der Waals surface area (Å²) in [6.07, 6.45) is 0.244. The zero-order valence-electron chi connectivity index (χ0n) is 23.9. The Balaban J connectivity index is 1.79. The van der Waals surface area contributed by atoms with Crippen molar-refractivity contribution < 1.29 is 18.0 Å². The van der Waals surface area contributed by atoms with E-state index in [-0.39, 0.29) is 29.8 Å². The fourth-order valence-corrected chi connectivity index (χ4v) is 6.50. The summed E-state index contributed by atoms with van der Waals surface area (Å²) in [6, 6.07) is 30.3. The van der Waals surface area contributed by atoms with E-state index in [4.69, 9.17) is 11.6 Å². The molecule has 0 bridgehead atoms. The second-order valence-corrected chi connectivity index (χ2v) is 13.9. The van der Waals surface area contributed by atoms with E-state index < -0.39 is 28.5 Å². The van der Waals surface area contributed by atoms with Gasteiger partial charge in [0.05, 0.1) is 10.6 Å². The number of rotatable bonds is 12. The molecule has 0 saturated heterocycles. The highest BCUT2D eigenvalue weighted by molar-refractivity contribution is 14.1. The van der Waals surface area contributed by atoms with Crippen LogP contribution < -0.4 is 9.62 Å². The second kappa shape index (κ2) is 14.9. The predicted molar refractivity (Wildman–Crippen MR) is 179 cm³/mol. The minimum absolute atomic E-state index is 0.0592. The van der Waals surface area contributed by atoms with Crippen LogP contribution in [0.2, 0.25) is 5.02 Å². The van der Waals surface area contributed by atoms with E-state index in [1.54, 1.807) is 66.7 Å². The van der Waals surface area contributed by atoms with Crippen LogP contribution in [0, 0.1) is 3.57 Å². The number of carbonyl (C=O) groups is 2. The molecule has 4 rings (SSSR count). The molecule has 7 nitrogen and oxygen atoms in total. The molecule has 1 atom stereocenters. The number of amides is 2. The summed E-state index contributed by atoms with van der Waals surface area (Å²) in [5.41, 5.74) is 1.96. The summed E-state index contributed by atoms with van der Waals surface area (Å²) in [5.74, 6) is -0.847. The molecule has 2 amide bonds. The molecule has 10 heteroatoms.